The highest BCUT2D eigenvalue weighted by Gasteiger charge is 2.30. The maximum Gasteiger partial charge on any atom is 0.416 e. The van der Waals surface area contributed by atoms with E-state index in [0.29, 0.717) is 16.8 Å². The monoisotopic (exact) mass is 530 g/mol. The molecule has 0 fully saturated rings. The second-order valence-corrected chi connectivity index (χ2v) is 8.34. The number of benzene rings is 3. The molecule has 0 unspecified atom stereocenters. The number of ether oxygens (including phenoxy) is 1. The van der Waals surface area contributed by atoms with E-state index in [1.54, 1.807) is 30.3 Å². The van der Waals surface area contributed by atoms with Crippen LogP contribution >= 0.6 is 11.6 Å². The topological polar surface area (TPSA) is 99.3 Å². The summed E-state index contributed by atoms with van der Waals surface area (Å²) in [4.78, 5) is 22.8. The number of halogens is 4. The van der Waals surface area contributed by atoms with Crippen molar-refractivity contribution >= 4 is 28.9 Å². The lowest BCUT2D eigenvalue weighted by molar-refractivity contribution is -0.384. The molecule has 0 aliphatic heterocycles. The molecule has 0 atom stereocenters. The number of alkyl halides is 3. The van der Waals surface area contributed by atoms with E-state index in [-0.39, 0.29) is 29.6 Å². The minimum Gasteiger partial charge on any atom is -0.487 e. The van der Waals surface area contributed by atoms with Crippen LogP contribution in [0.2, 0.25) is 5.02 Å². The molecular weight excluding hydrogens is 513 g/mol. The molecule has 1 heterocycles. The van der Waals surface area contributed by atoms with Gasteiger partial charge in [0.1, 0.15) is 12.4 Å². The molecule has 0 radical (unpaired) electrons. The van der Waals surface area contributed by atoms with Crippen molar-refractivity contribution in [3.63, 3.8) is 0 Å². The van der Waals surface area contributed by atoms with Crippen LogP contribution in [0.25, 0.3) is 0 Å². The summed E-state index contributed by atoms with van der Waals surface area (Å²) in [7, 11) is 0. The van der Waals surface area contributed by atoms with Gasteiger partial charge in [-0.1, -0.05) is 35.9 Å². The summed E-state index contributed by atoms with van der Waals surface area (Å²) in [6, 6.07) is 15.4. The van der Waals surface area contributed by atoms with Gasteiger partial charge in [-0.2, -0.15) is 18.3 Å². The fraction of sp³-hybridized carbons (Fsp3) is 0.120. The lowest BCUT2D eigenvalue weighted by atomic mass is 10.1. The number of hydrogen-bond donors (Lipinski definition) is 1. The average Bonchev–Trinajstić information content (AvgIpc) is 3.29. The summed E-state index contributed by atoms with van der Waals surface area (Å²) in [5.74, 6) is -0.110. The third-order valence-electron chi connectivity index (χ3n) is 5.23. The van der Waals surface area contributed by atoms with Gasteiger partial charge in [-0.3, -0.25) is 19.6 Å². The molecule has 3 aromatic carbocycles. The van der Waals surface area contributed by atoms with E-state index in [9.17, 15) is 28.1 Å². The zero-order valence-corrected chi connectivity index (χ0v) is 19.7. The fourth-order valence-electron chi connectivity index (χ4n) is 3.38. The second kappa shape index (κ2) is 10.7. The van der Waals surface area contributed by atoms with Gasteiger partial charge in [0.2, 0.25) is 0 Å². The van der Waals surface area contributed by atoms with Crippen LogP contribution < -0.4 is 10.1 Å². The van der Waals surface area contributed by atoms with E-state index in [1.165, 1.54) is 41.3 Å². The highest BCUT2D eigenvalue weighted by atomic mass is 35.5. The van der Waals surface area contributed by atoms with Crippen LogP contribution in [-0.4, -0.2) is 20.6 Å². The average molecular weight is 531 g/mol. The first-order valence-electron chi connectivity index (χ1n) is 10.7. The number of nitro groups is 1. The van der Waals surface area contributed by atoms with Crippen molar-refractivity contribution < 1.29 is 27.6 Å². The molecule has 12 heteroatoms. The van der Waals surface area contributed by atoms with Gasteiger partial charge in [-0.05, 0) is 41.5 Å². The summed E-state index contributed by atoms with van der Waals surface area (Å²) in [6.45, 7) is 0.231. The van der Waals surface area contributed by atoms with Gasteiger partial charge in [0, 0.05) is 23.9 Å². The number of anilines is 1. The predicted molar refractivity (Wildman–Crippen MR) is 130 cm³/mol. The molecule has 1 amide bonds. The first kappa shape index (κ1) is 25.7. The number of aromatic nitrogens is 2. The second-order valence-electron chi connectivity index (χ2n) is 7.94. The summed E-state index contributed by atoms with van der Waals surface area (Å²) in [5, 5.41) is 17.7. The Morgan fingerprint density at radius 2 is 1.84 bits per heavy atom. The zero-order chi connectivity index (χ0) is 26.6. The summed E-state index contributed by atoms with van der Waals surface area (Å²) in [6.07, 6.45) is -1.51. The highest BCUT2D eigenvalue weighted by Crippen LogP contribution is 2.30. The van der Waals surface area contributed by atoms with Crippen molar-refractivity contribution in [3.05, 3.63) is 117 Å². The van der Waals surface area contributed by atoms with Gasteiger partial charge in [0.05, 0.1) is 33.9 Å². The van der Waals surface area contributed by atoms with E-state index in [0.717, 1.165) is 17.7 Å². The summed E-state index contributed by atoms with van der Waals surface area (Å²) < 4.78 is 45.8. The van der Waals surface area contributed by atoms with E-state index in [2.05, 4.69) is 10.4 Å². The molecule has 0 aliphatic rings. The molecule has 0 spiro atoms. The van der Waals surface area contributed by atoms with Crippen molar-refractivity contribution in [2.24, 2.45) is 0 Å². The molecule has 1 aromatic heterocycles. The number of nitrogens with zero attached hydrogens (tertiary/aromatic N) is 3. The van der Waals surface area contributed by atoms with Crippen LogP contribution in [0.15, 0.2) is 79.1 Å². The Morgan fingerprint density at radius 1 is 1.08 bits per heavy atom. The van der Waals surface area contributed by atoms with Crippen LogP contribution in [0.3, 0.4) is 0 Å². The van der Waals surface area contributed by atoms with Crippen molar-refractivity contribution in [1.82, 2.24) is 9.78 Å². The van der Waals surface area contributed by atoms with Crippen LogP contribution in [0.5, 0.6) is 5.75 Å². The van der Waals surface area contributed by atoms with Crippen LogP contribution in [-0.2, 0) is 19.3 Å². The largest absolute Gasteiger partial charge is 0.487 e. The number of nitrogens with one attached hydrogen (secondary N) is 1. The number of carbonyl (C=O) groups is 1. The minimum absolute atomic E-state index is 0.104. The Hall–Kier alpha value is -4.38. The van der Waals surface area contributed by atoms with E-state index >= 15 is 0 Å². The quantitative estimate of drug-likeness (QED) is 0.211. The van der Waals surface area contributed by atoms with E-state index < -0.39 is 22.6 Å². The van der Waals surface area contributed by atoms with Crippen molar-refractivity contribution in [1.29, 1.82) is 0 Å². The van der Waals surface area contributed by atoms with Crippen LogP contribution in [0.1, 0.15) is 27.0 Å². The number of hydrogen-bond acceptors (Lipinski definition) is 5. The van der Waals surface area contributed by atoms with E-state index in [1.807, 2.05) is 0 Å². The molecule has 37 heavy (non-hydrogen) atoms. The predicted octanol–water partition coefficient (Wildman–Crippen LogP) is 6.34. The molecule has 4 rings (SSSR count). The van der Waals surface area contributed by atoms with Gasteiger partial charge in [0.15, 0.2) is 0 Å². The minimum atomic E-state index is -4.43. The number of non-ortho nitro benzene ring substituents is 1. The molecule has 1 N–H and O–H groups in total. The molecule has 0 bridgehead atoms. The van der Waals surface area contributed by atoms with Crippen molar-refractivity contribution in [2.45, 2.75) is 19.3 Å². The number of rotatable bonds is 8. The summed E-state index contributed by atoms with van der Waals surface area (Å²) >= 11 is 6.02. The Balaban J connectivity index is 1.33. The zero-order valence-electron chi connectivity index (χ0n) is 18.9. The smallest absolute Gasteiger partial charge is 0.416 e. The Bertz CT molecular complexity index is 1440. The maximum atomic E-state index is 12.9. The third kappa shape index (κ3) is 6.64. The summed E-state index contributed by atoms with van der Waals surface area (Å²) in [5.41, 5.74) is 1.02. The van der Waals surface area contributed by atoms with Crippen molar-refractivity contribution in [3.8, 4) is 5.75 Å². The van der Waals surface area contributed by atoms with Crippen molar-refractivity contribution in [2.75, 3.05) is 5.32 Å². The number of amides is 1. The molecule has 190 valence electrons. The number of carbonyl (C=O) groups excluding carboxylic acids is 1. The van der Waals surface area contributed by atoms with Crippen LogP contribution in [0.4, 0.5) is 24.5 Å². The molecule has 0 saturated heterocycles. The normalized spacial score (nSPS) is 11.2. The highest BCUT2D eigenvalue weighted by molar-refractivity contribution is 6.32. The molecule has 0 aliphatic carbocycles. The van der Waals surface area contributed by atoms with Gasteiger partial charge < -0.3 is 10.1 Å². The first-order valence-corrected chi connectivity index (χ1v) is 11.1. The molecular formula is C25H18ClF3N4O4. The standard InChI is InChI=1S/C25H18ClF3N4O4/c26-22-11-21(33(35)36)8-9-23(22)37-15-16-4-6-18(7-5-16)24(34)31-20-12-30-32(14-20)13-17-2-1-3-19(10-17)25(27,28)29/h1-12,14H,13,15H2,(H,31,34). The molecule has 4 aromatic rings. The Morgan fingerprint density at radius 3 is 2.51 bits per heavy atom. The Kier molecular flexibility index (Phi) is 7.44. The fourth-order valence-corrected chi connectivity index (χ4v) is 3.61. The molecule has 0 saturated carbocycles. The van der Waals surface area contributed by atoms with E-state index in [4.69, 9.17) is 16.3 Å². The Labute approximate surface area is 213 Å². The number of nitro benzene ring substituents is 1. The van der Waals surface area contributed by atoms with Gasteiger partial charge in [-0.25, -0.2) is 0 Å². The lowest BCUT2D eigenvalue weighted by Crippen LogP contribution is -2.11. The van der Waals surface area contributed by atoms with Gasteiger partial charge in [0.25, 0.3) is 11.6 Å². The lowest BCUT2D eigenvalue weighted by Gasteiger charge is -2.09. The SMILES string of the molecule is O=C(Nc1cnn(Cc2cccc(C(F)(F)F)c2)c1)c1ccc(COc2ccc([N+](=O)[O-])cc2Cl)cc1. The maximum absolute atomic E-state index is 12.9. The third-order valence-corrected chi connectivity index (χ3v) is 5.52. The first-order chi connectivity index (χ1) is 17.6. The van der Waals surface area contributed by atoms with Gasteiger partial charge in [-0.15, -0.1) is 0 Å². The van der Waals surface area contributed by atoms with Gasteiger partial charge >= 0.3 is 6.18 Å². The molecule has 8 nitrogen and oxygen atoms in total. The van der Waals surface area contributed by atoms with Crippen LogP contribution in [0, 0.1) is 10.1 Å².